The Hall–Kier alpha value is -0.780. The Morgan fingerprint density at radius 2 is 2.00 bits per heavy atom. The van der Waals surface area contributed by atoms with E-state index in [1.165, 1.54) is 24.0 Å². The molecule has 0 aromatic rings. The van der Waals surface area contributed by atoms with Gasteiger partial charge >= 0.3 is 0 Å². The normalized spacial score (nSPS) is 13.4. The second-order valence-electron chi connectivity index (χ2n) is 2.81. The second kappa shape index (κ2) is 5.96. The van der Waals surface area contributed by atoms with Gasteiger partial charge in [-0.15, -0.1) is 0 Å². The van der Waals surface area contributed by atoms with Crippen LogP contribution in [0.1, 0.15) is 33.6 Å². The van der Waals surface area contributed by atoms with Crippen LogP contribution in [0, 0.1) is 0 Å². The van der Waals surface area contributed by atoms with Crippen molar-refractivity contribution in [2.45, 2.75) is 33.6 Å². The van der Waals surface area contributed by atoms with E-state index in [9.17, 15) is 0 Å². The molecule has 0 heterocycles. The molecule has 0 unspecified atom stereocenters. The van der Waals surface area contributed by atoms with Gasteiger partial charge in [0.05, 0.1) is 0 Å². The molecule has 0 heteroatoms. The van der Waals surface area contributed by atoms with Gasteiger partial charge in [0.2, 0.25) is 0 Å². The van der Waals surface area contributed by atoms with Crippen LogP contribution in [0.25, 0.3) is 0 Å². The third-order valence-corrected chi connectivity index (χ3v) is 1.78. The summed E-state index contributed by atoms with van der Waals surface area (Å²) in [6, 6.07) is 0. The van der Waals surface area contributed by atoms with Crippen molar-refractivity contribution in [1.82, 2.24) is 0 Å². The Kier molecular flexibility index (Phi) is 5.54. The van der Waals surface area contributed by atoms with E-state index in [0.29, 0.717) is 0 Å². The molecule has 0 rings (SSSR count). The van der Waals surface area contributed by atoms with Gasteiger partial charge in [-0.05, 0) is 20.3 Å². The van der Waals surface area contributed by atoms with Crippen molar-refractivity contribution in [3.05, 3.63) is 36.0 Å². The van der Waals surface area contributed by atoms with Gasteiger partial charge in [0, 0.05) is 0 Å². The topological polar surface area (TPSA) is 0 Å². The van der Waals surface area contributed by atoms with E-state index in [4.69, 9.17) is 0 Å². The summed E-state index contributed by atoms with van der Waals surface area (Å²) in [5, 5.41) is 0. The Bertz CT molecular complexity index is 170. The van der Waals surface area contributed by atoms with Crippen LogP contribution in [-0.4, -0.2) is 0 Å². The Morgan fingerprint density at radius 1 is 1.36 bits per heavy atom. The van der Waals surface area contributed by atoms with Crippen molar-refractivity contribution >= 4 is 0 Å². The van der Waals surface area contributed by atoms with Crippen molar-refractivity contribution in [2.75, 3.05) is 0 Å². The summed E-state index contributed by atoms with van der Waals surface area (Å²) in [5.74, 6) is 0. The molecule has 0 saturated carbocycles. The first-order valence-electron chi connectivity index (χ1n) is 4.17. The smallest absolute Gasteiger partial charge is 0.0320 e. The molecule has 0 fully saturated rings. The fourth-order valence-electron chi connectivity index (χ4n) is 0.927. The Balaban J connectivity index is 4.14. The zero-order chi connectivity index (χ0) is 8.69. The number of hydrogen-bond donors (Lipinski definition) is 0. The van der Waals surface area contributed by atoms with Gasteiger partial charge < -0.3 is 0 Å². The van der Waals surface area contributed by atoms with Gasteiger partial charge in [-0.1, -0.05) is 49.3 Å². The van der Waals surface area contributed by atoms with E-state index in [1.54, 1.807) is 0 Å². The fourth-order valence-corrected chi connectivity index (χ4v) is 0.927. The molecule has 0 aliphatic rings. The van der Waals surface area contributed by atoms with E-state index in [-0.39, 0.29) is 0 Å². The standard InChI is InChI=1S/C11H18/c1-5-7-9-11(4)10(3)8-6-2/h5,7,9H,1,6,8H2,2-4H3. The summed E-state index contributed by atoms with van der Waals surface area (Å²) >= 11 is 0. The first-order chi connectivity index (χ1) is 5.22. The van der Waals surface area contributed by atoms with Crippen molar-refractivity contribution in [3.8, 4) is 0 Å². The summed E-state index contributed by atoms with van der Waals surface area (Å²) < 4.78 is 0. The maximum absolute atomic E-state index is 3.63. The average Bonchev–Trinajstić information content (AvgIpc) is 2.00. The molecule has 0 aliphatic heterocycles. The van der Waals surface area contributed by atoms with Crippen LogP contribution in [0.4, 0.5) is 0 Å². The van der Waals surface area contributed by atoms with Gasteiger partial charge in [-0.25, -0.2) is 0 Å². The lowest BCUT2D eigenvalue weighted by molar-refractivity contribution is 0.895. The molecular weight excluding hydrogens is 132 g/mol. The minimum Gasteiger partial charge on any atom is -0.0991 e. The predicted octanol–water partition coefficient (Wildman–Crippen LogP) is 3.87. The molecule has 0 spiro atoms. The number of hydrogen-bond acceptors (Lipinski definition) is 0. The van der Waals surface area contributed by atoms with Gasteiger partial charge in [-0.3, -0.25) is 0 Å². The summed E-state index contributed by atoms with van der Waals surface area (Å²) in [4.78, 5) is 0. The molecule has 0 amide bonds. The molecule has 0 N–H and O–H groups in total. The molecule has 0 radical (unpaired) electrons. The lowest BCUT2D eigenvalue weighted by atomic mass is 10.1. The van der Waals surface area contributed by atoms with Crippen LogP contribution in [0.3, 0.4) is 0 Å². The van der Waals surface area contributed by atoms with Crippen molar-refractivity contribution < 1.29 is 0 Å². The lowest BCUT2D eigenvalue weighted by Crippen LogP contribution is -1.79. The maximum atomic E-state index is 3.63. The highest BCUT2D eigenvalue weighted by molar-refractivity contribution is 5.24. The monoisotopic (exact) mass is 150 g/mol. The summed E-state index contributed by atoms with van der Waals surface area (Å²) in [6.45, 7) is 10.2. The third kappa shape index (κ3) is 4.60. The van der Waals surface area contributed by atoms with Crippen molar-refractivity contribution in [1.29, 1.82) is 0 Å². The average molecular weight is 150 g/mol. The number of rotatable bonds is 4. The second-order valence-corrected chi connectivity index (χ2v) is 2.81. The van der Waals surface area contributed by atoms with Crippen molar-refractivity contribution in [3.63, 3.8) is 0 Å². The lowest BCUT2D eigenvalue weighted by Gasteiger charge is -2.00. The van der Waals surface area contributed by atoms with E-state index in [2.05, 4.69) is 33.4 Å². The highest BCUT2D eigenvalue weighted by atomic mass is 14.0. The fraction of sp³-hybridized carbons (Fsp3) is 0.455. The molecule has 62 valence electrons. The quantitative estimate of drug-likeness (QED) is 0.534. The van der Waals surface area contributed by atoms with Gasteiger partial charge in [0.1, 0.15) is 0 Å². The maximum Gasteiger partial charge on any atom is -0.0320 e. The van der Waals surface area contributed by atoms with Crippen LogP contribution < -0.4 is 0 Å². The first-order valence-corrected chi connectivity index (χ1v) is 4.17. The van der Waals surface area contributed by atoms with Crippen LogP contribution in [0.15, 0.2) is 36.0 Å². The van der Waals surface area contributed by atoms with E-state index >= 15 is 0 Å². The highest BCUT2D eigenvalue weighted by Crippen LogP contribution is 2.10. The zero-order valence-corrected chi connectivity index (χ0v) is 7.85. The van der Waals surface area contributed by atoms with Gasteiger partial charge in [0.25, 0.3) is 0 Å². The number of allylic oxidation sites excluding steroid dienone is 5. The predicted molar refractivity (Wildman–Crippen MR) is 52.6 cm³/mol. The van der Waals surface area contributed by atoms with Crippen LogP contribution >= 0.6 is 0 Å². The minimum atomic E-state index is 1.20. The van der Waals surface area contributed by atoms with Crippen LogP contribution in [0.5, 0.6) is 0 Å². The van der Waals surface area contributed by atoms with Crippen molar-refractivity contribution in [2.24, 2.45) is 0 Å². The molecule has 0 aliphatic carbocycles. The zero-order valence-electron chi connectivity index (χ0n) is 7.85. The molecule has 0 aromatic heterocycles. The Morgan fingerprint density at radius 3 is 2.45 bits per heavy atom. The summed E-state index contributed by atoms with van der Waals surface area (Å²) in [7, 11) is 0. The Labute approximate surface area is 70.3 Å². The van der Waals surface area contributed by atoms with E-state index in [0.717, 1.165) is 0 Å². The molecule has 0 nitrogen and oxygen atoms in total. The molecule has 0 bridgehead atoms. The van der Waals surface area contributed by atoms with E-state index < -0.39 is 0 Å². The molecule has 0 aromatic carbocycles. The van der Waals surface area contributed by atoms with Gasteiger partial charge in [-0.2, -0.15) is 0 Å². The third-order valence-electron chi connectivity index (χ3n) is 1.78. The molecule has 0 atom stereocenters. The molecular formula is C11H18. The highest BCUT2D eigenvalue weighted by Gasteiger charge is 1.90. The summed E-state index contributed by atoms with van der Waals surface area (Å²) in [5.41, 5.74) is 2.84. The first kappa shape index (κ1) is 10.2. The molecule has 11 heavy (non-hydrogen) atoms. The van der Waals surface area contributed by atoms with Crippen LogP contribution in [0.2, 0.25) is 0 Å². The SMILES string of the molecule is C=CC=CC(C)=C(C)CCC. The van der Waals surface area contributed by atoms with Crippen LogP contribution in [-0.2, 0) is 0 Å². The van der Waals surface area contributed by atoms with Gasteiger partial charge in [0.15, 0.2) is 0 Å². The molecule has 0 saturated heterocycles. The summed E-state index contributed by atoms with van der Waals surface area (Å²) in [6.07, 6.45) is 8.33. The largest absolute Gasteiger partial charge is 0.0991 e. The van der Waals surface area contributed by atoms with E-state index in [1.807, 2.05) is 12.2 Å². The minimum absolute atomic E-state index is 1.20.